The van der Waals surface area contributed by atoms with E-state index in [1.54, 1.807) is 0 Å². The Morgan fingerprint density at radius 2 is 2.00 bits per heavy atom. The van der Waals surface area contributed by atoms with Crippen LogP contribution in [0.3, 0.4) is 0 Å². The summed E-state index contributed by atoms with van der Waals surface area (Å²) in [6, 6.07) is 5.71. The topological polar surface area (TPSA) is 111 Å². The molecule has 0 aliphatic rings. The zero-order chi connectivity index (χ0) is 15.4. The molecule has 0 saturated carbocycles. The van der Waals surface area contributed by atoms with E-state index in [1.165, 1.54) is 24.3 Å². The summed E-state index contributed by atoms with van der Waals surface area (Å²) < 4.78 is 5.30. The van der Waals surface area contributed by atoms with Gasteiger partial charge < -0.3 is 4.42 Å². The van der Waals surface area contributed by atoms with Crippen molar-refractivity contribution >= 4 is 17.6 Å². The van der Waals surface area contributed by atoms with Gasteiger partial charge in [-0.15, -0.1) is 5.10 Å². The number of nitrogens with one attached hydrogen (secondary N) is 1. The molecule has 1 aromatic carbocycles. The lowest BCUT2D eigenvalue weighted by molar-refractivity contribution is -0.384. The molecule has 8 heteroatoms. The van der Waals surface area contributed by atoms with Crippen LogP contribution in [0.1, 0.15) is 20.3 Å². The lowest BCUT2D eigenvalue weighted by atomic mass is 10.1. The molecule has 8 nitrogen and oxygen atoms in total. The summed E-state index contributed by atoms with van der Waals surface area (Å²) in [6.45, 7) is 3.85. The van der Waals surface area contributed by atoms with E-state index in [-0.39, 0.29) is 29.4 Å². The molecule has 1 aromatic heterocycles. The van der Waals surface area contributed by atoms with Gasteiger partial charge in [0.1, 0.15) is 0 Å². The summed E-state index contributed by atoms with van der Waals surface area (Å²) in [7, 11) is 0. The van der Waals surface area contributed by atoms with Crippen LogP contribution >= 0.6 is 0 Å². The van der Waals surface area contributed by atoms with Gasteiger partial charge in [0, 0.05) is 24.1 Å². The molecule has 2 aromatic rings. The molecule has 0 aliphatic heterocycles. The van der Waals surface area contributed by atoms with E-state index in [4.69, 9.17) is 4.42 Å². The standard InChI is InChI=1S/C13H14N4O4/c1-8(2)7-11(18)14-13-16-15-12(21-13)9-3-5-10(6-4-9)17(19)20/h3-6,8H,7H2,1-2H3,(H,14,16,18). The summed E-state index contributed by atoms with van der Waals surface area (Å²) in [6.07, 6.45) is 0.356. The second-order valence-corrected chi connectivity index (χ2v) is 4.86. The van der Waals surface area contributed by atoms with Gasteiger partial charge in [0.2, 0.25) is 11.8 Å². The zero-order valence-electron chi connectivity index (χ0n) is 11.6. The molecule has 1 N–H and O–H groups in total. The normalized spacial score (nSPS) is 10.6. The molecule has 2 rings (SSSR count). The fraction of sp³-hybridized carbons (Fsp3) is 0.308. The van der Waals surface area contributed by atoms with Crippen molar-refractivity contribution in [3.63, 3.8) is 0 Å². The van der Waals surface area contributed by atoms with Crippen molar-refractivity contribution in [2.45, 2.75) is 20.3 Å². The Hall–Kier alpha value is -2.77. The van der Waals surface area contributed by atoms with Crippen molar-refractivity contribution < 1.29 is 14.1 Å². The molecule has 0 saturated heterocycles. The largest absolute Gasteiger partial charge is 0.403 e. The van der Waals surface area contributed by atoms with Crippen LogP contribution in [0.5, 0.6) is 0 Å². The predicted octanol–water partition coefficient (Wildman–Crippen LogP) is 2.63. The first-order chi connectivity index (χ1) is 9.95. The average molecular weight is 290 g/mol. The monoisotopic (exact) mass is 290 g/mol. The number of rotatable bonds is 5. The summed E-state index contributed by atoms with van der Waals surface area (Å²) in [5.74, 6) is 0.204. The van der Waals surface area contributed by atoms with Crippen LogP contribution in [0.15, 0.2) is 28.7 Å². The van der Waals surface area contributed by atoms with E-state index < -0.39 is 4.92 Å². The number of benzene rings is 1. The Morgan fingerprint density at radius 3 is 2.57 bits per heavy atom. The van der Waals surface area contributed by atoms with Crippen molar-refractivity contribution in [3.8, 4) is 11.5 Å². The van der Waals surface area contributed by atoms with Crippen LogP contribution in [0.4, 0.5) is 11.7 Å². The Morgan fingerprint density at radius 1 is 1.33 bits per heavy atom. The van der Waals surface area contributed by atoms with Gasteiger partial charge in [-0.3, -0.25) is 20.2 Å². The molecule has 110 valence electrons. The number of non-ortho nitro benzene ring substituents is 1. The van der Waals surface area contributed by atoms with Gasteiger partial charge in [-0.25, -0.2) is 0 Å². The molecule has 0 atom stereocenters. The van der Waals surface area contributed by atoms with Crippen molar-refractivity contribution in [1.29, 1.82) is 0 Å². The summed E-state index contributed by atoms with van der Waals surface area (Å²) in [4.78, 5) is 21.7. The lowest BCUT2D eigenvalue weighted by Crippen LogP contribution is -2.13. The first-order valence-corrected chi connectivity index (χ1v) is 6.34. The molecule has 21 heavy (non-hydrogen) atoms. The summed E-state index contributed by atoms with van der Waals surface area (Å²) in [5, 5.41) is 20.6. The van der Waals surface area contributed by atoms with Crippen LogP contribution in [0, 0.1) is 16.0 Å². The van der Waals surface area contributed by atoms with Gasteiger partial charge in [-0.1, -0.05) is 18.9 Å². The van der Waals surface area contributed by atoms with E-state index in [0.717, 1.165) is 0 Å². The van der Waals surface area contributed by atoms with E-state index in [0.29, 0.717) is 12.0 Å². The number of carbonyl (C=O) groups excluding carboxylic acids is 1. The minimum atomic E-state index is -0.491. The third-order valence-electron chi connectivity index (χ3n) is 2.59. The Balaban J connectivity index is 2.09. The molecular formula is C13H14N4O4. The van der Waals surface area contributed by atoms with Gasteiger partial charge in [0.15, 0.2) is 0 Å². The molecule has 0 radical (unpaired) electrons. The smallest absolute Gasteiger partial charge is 0.322 e. The van der Waals surface area contributed by atoms with E-state index in [9.17, 15) is 14.9 Å². The third kappa shape index (κ3) is 3.85. The van der Waals surface area contributed by atoms with Gasteiger partial charge in [0.25, 0.3) is 5.69 Å². The van der Waals surface area contributed by atoms with Crippen LogP contribution in [-0.4, -0.2) is 21.0 Å². The van der Waals surface area contributed by atoms with Crippen LogP contribution in [-0.2, 0) is 4.79 Å². The van der Waals surface area contributed by atoms with E-state index in [1.807, 2.05) is 13.8 Å². The van der Waals surface area contributed by atoms with Crippen molar-refractivity contribution in [3.05, 3.63) is 34.4 Å². The molecule has 0 unspecified atom stereocenters. The number of hydrogen-bond acceptors (Lipinski definition) is 6. The number of hydrogen-bond donors (Lipinski definition) is 1. The highest BCUT2D eigenvalue weighted by atomic mass is 16.6. The maximum Gasteiger partial charge on any atom is 0.322 e. The Kier molecular flexibility index (Phi) is 4.27. The van der Waals surface area contributed by atoms with Crippen molar-refractivity contribution in [1.82, 2.24) is 10.2 Å². The number of nitrogens with zero attached hydrogens (tertiary/aromatic N) is 3. The number of nitro benzene ring substituents is 1. The van der Waals surface area contributed by atoms with Gasteiger partial charge in [-0.2, -0.15) is 0 Å². The molecule has 1 amide bonds. The highest BCUT2D eigenvalue weighted by Gasteiger charge is 2.13. The predicted molar refractivity (Wildman–Crippen MR) is 74.5 cm³/mol. The maximum atomic E-state index is 11.6. The zero-order valence-corrected chi connectivity index (χ0v) is 11.6. The fourth-order valence-corrected chi connectivity index (χ4v) is 1.66. The number of carbonyl (C=O) groups is 1. The minimum Gasteiger partial charge on any atom is -0.403 e. The molecule has 1 heterocycles. The van der Waals surface area contributed by atoms with E-state index in [2.05, 4.69) is 15.5 Å². The lowest BCUT2D eigenvalue weighted by Gasteiger charge is -2.02. The number of aromatic nitrogens is 2. The Bertz CT molecular complexity index is 648. The van der Waals surface area contributed by atoms with Crippen molar-refractivity contribution in [2.75, 3.05) is 5.32 Å². The highest BCUT2D eigenvalue weighted by molar-refractivity contribution is 5.88. The van der Waals surface area contributed by atoms with Gasteiger partial charge in [-0.05, 0) is 18.1 Å². The van der Waals surface area contributed by atoms with Crippen LogP contribution in [0.2, 0.25) is 0 Å². The summed E-state index contributed by atoms with van der Waals surface area (Å²) in [5.41, 5.74) is 0.515. The summed E-state index contributed by atoms with van der Waals surface area (Å²) >= 11 is 0. The molecular weight excluding hydrogens is 276 g/mol. The first kappa shape index (κ1) is 14.6. The number of amides is 1. The number of nitro groups is 1. The molecule has 0 bridgehead atoms. The average Bonchev–Trinajstić information content (AvgIpc) is 2.86. The van der Waals surface area contributed by atoms with Crippen molar-refractivity contribution in [2.24, 2.45) is 5.92 Å². The fourth-order valence-electron chi connectivity index (χ4n) is 1.66. The second kappa shape index (κ2) is 6.12. The molecule has 0 fully saturated rings. The third-order valence-corrected chi connectivity index (χ3v) is 2.59. The number of anilines is 1. The molecule has 0 spiro atoms. The quantitative estimate of drug-likeness (QED) is 0.669. The highest BCUT2D eigenvalue weighted by Crippen LogP contribution is 2.22. The van der Waals surface area contributed by atoms with Gasteiger partial charge >= 0.3 is 6.01 Å². The van der Waals surface area contributed by atoms with Crippen LogP contribution < -0.4 is 5.32 Å². The first-order valence-electron chi connectivity index (χ1n) is 6.34. The second-order valence-electron chi connectivity index (χ2n) is 4.86. The van der Waals surface area contributed by atoms with Crippen LogP contribution in [0.25, 0.3) is 11.5 Å². The van der Waals surface area contributed by atoms with E-state index >= 15 is 0 Å². The Labute approximate surface area is 120 Å². The molecule has 0 aliphatic carbocycles. The minimum absolute atomic E-state index is 0.00834. The van der Waals surface area contributed by atoms with Gasteiger partial charge in [0.05, 0.1) is 4.92 Å². The maximum absolute atomic E-state index is 11.6. The SMILES string of the molecule is CC(C)CC(=O)Nc1nnc(-c2ccc([N+](=O)[O-])cc2)o1.